The summed E-state index contributed by atoms with van der Waals surface area (Å²) in [6, 6.07) is 13.3. The topological polar surface area (TPSA) is 116 Å². The maximum atomic E-state index is 11.5. The van der Waals surface area contributed by atoms with Crippen molar-refractivity contribution in [3.63, 3.8) is 0 Å². The molecule has 3 aromatic rings. The van der Waals surface area contributed by atoms with Gasteiger partial charge in [-0.15, -0.1) is 0 Å². The smallest absolute Gasteiger partial charge is 0.316 e. The molecule has 4 N–H and O–H groups in total. The molecule has 1 fully saturated rings. The lowest BCUT2D eigenvalue weighted by Gasteiger charge is -2.19. The maximum Gasteiger partial charge on any atom is 0.316 e. The lowest BCUT2D eigenvalue weighted by Crippen LogP contribution is -2.20. The van der Waals surface area contributed by atoms with Crippen LogP contribution in [0.25, 0.3) is 0 Å². The first kappa shape index (κ1) is 21.5. The third-order valence-corrected chi connectivity index (χ3v) is 6.86. The molecule has 0 radical (unpaired) electrons. The normalized spacial score (nSPS) is 20.1. The summed E-state index contributed by atoms with van der Waals surface area (Å²) in [6.45, 7) is 0. The van der Waals surface area contributed by atoms with Gasteiger partial charge in [0.2, 0.25) is 5.91 Å². The summed E-state index contributed by atoms with van der Waals surface area (Å²) in [5.74, 6) is 3.71. The van der Waals surface area contributed by atoms with Gasteiger partial charge < -0.3 is 25.8 Å². The molecule has 1 saturated carbocycles. The lowest BCUT2D eigenvalue weighted by molar-refractivity contribution is -0.116. The van der Waals surface area contributed by atoms with E-state index in [2.05, 4.69) is 27.8 Å². The van der Waals surface area contributed by atoms with Crippen LogP contribution in [0, 0.1) is 0 Å². The molecule has 1 aromatic heterocycles. The number of carbonyl (C=O) groups is 2. The molecular weight excluding hydrogens is 444 g/mol. The maximum absolute atomic E-state index is 11.5. The van der Waals surface area contributed by atoms with Crippen molar-refractivity contribution < 1.29 is 19.1 Å². The summed E-state index contributed by atoms with van der Waals surface area (Å²) in [4.78, 5) is 26.3. The second-order valence-corrected chi connectivity index (χ2v) is 9.31. The van der Waals surface area contributed by atoms with Gasteiger partial charge in [-0.05, 0) is 79.6 Å². The van der Waals surface area contributed by atoms with Crippen LogP contribution in [0.15, 0.2) is 48.7 Å². The number of fused-ring (bicyclic) bond motifs is 5. The Hall–Kier alpha value is -4.07. The van der Waals surface area contributed by atoms with Crippen molar-refractivity contribution in [2.45, 2.75) is 50.5 Å². The predicted molar refractivity (Wildman–Crippen MR) is 131 cm³/mol. The molecule has 2 aliphatic carbocycles. The SMILES string of the molecule is NC(=O)Nc1ccc2c(c1)CCC2.O=C1CCc2c(Oc3ccc4c(c3)C3CC3O4)ccnc2N1. The minimum Gasteiger partial charge on any atom is -0.489 e. The Balaban J connectivity index is 0.000000151. The number of carbonyl (C=O) groups excluding carboxylic acids is 2. The van der Waals surface area contributed by atoms with Gasteiger partial charge in [0.05, 0.1) is 0 Å². The molecule has 4 aliphatic rings. The molecule has 2 atom stereocenters. The molecule has 8 nitrogen and oxygen atoms in total. The third kappa shape index (κ3) is 4.39. The van der Waals surface area contributed by atoms with Crippen LogP contribution in [0.2, 0.25) is 0 Å². The Morgan fingerprint density at radius 3 is 2.86 bits per heavy atom. The van der Waals surface area contributed by atoms with E-state index in [0.29, 0.717) is 30.7 Å². The van der Waals surface area contributed by atoms with Crippen LogP contribution in [-0.2, 0) is 24.1 Å². The molecule has 7 rings (SSSR count). The van der Waals surface area contributed by atoms with Crippen molar-refractivity contribution in [1.82, 2.24) is 4.98 Å². The molecule has 3 amide bonds. The molecule has 2 unspecified atom stereocenters. The van der Waals surface area contributed by atoms with E-state index in [0.717, 1.165) is 47.8 Å². The number of nitrogens with one attached hydrogen (secondary N) is 2. The highest BCUT2D eigenvalue weighted by Crippen LogP contribution is 2.54. The first-order valence-electron chi connectivity index (χ1n) is 12.0. The van der Waals surface area contributed by atoms with E-state index in [1.165, 1.54) is 23.1 Å². The molecule has 8 heteroatoms. The highest BCUT2D eigenvalue weighted by molar-refractivity contribution is 5.93. The number of hydrogen-bond acceptors (Lipinski definition) is 5. The van der Waals surface area contributed by atoms with E-state index in [1.54, 1.807) is 6.20 Å². The quantitative estimate of drug-likeness (QED) is 0.514. The summed E-state index contributed by atoms with van der Waals surface area (Å²) in [5.41, 5.74) is 10.8. The minimum atomic E-state index is -0.502. The number of rotatable bonds is 3. The average molecular weight is 471 g/mol. The number of anilines is 2. The van der Waals surface area contributed by atoms with Gasteiger partial charge in [-0.2, -0.15) is 0 Å². The number of pyridine rings is 1. The number of nitrogens with two attached hydrogens (primary N) is 1. The number of amides is 3. The van der Waals surface area contributed by atoms with Gasteiger partial charge in [0.25, 0.3) is 0 Å². The zero-order valence-corrected chi connectivity index (χ0v) is 19.2. The second-order valence-electron chi connectivity index (χ2n) is 9.31. The van der Waals surface area contributed by atoms with Crippen molar-refractivity contribution in [3.8, 4) is 17.2 Å². The first-order valence-corrected chi connectivity index (χ1v) is 12.0. The van der Waals surface area contributed by atoms with E-state index >= 15 is 0 Å². The van der Waals surface area contributed by atoms with Gasteiger partial charge in [0.1, 0.15) is 29.2 Å². The molecule has 178 valence electrons. The van der Waals surface area contributed by atoms with Crippen LogP contribution < -0.4 is 25.8 Å². The van der Waals surface area contributed by atoms with Crippen molar-refractivity contribution in [3.05, 3.63) is 70.9 Å². The summed E-state index contributed by atoms with van der Waals surface area (Å²) in [7, 11) is 0. The molecule has 35 heavy (non-hydrogen) atoms. The number of ether oxygens (including phenoxy) is 2. The van der Waals surface area contributed by atoms with Crippen molar-refractivity contribution >= 4 is 23.4 Å². The Kier molecular flexibility index (Phi) is 5.28. The lowest BCUT2D eigenvalue weighted by atomic mass is 10.1. The molecule has 0 bridgehead atoms. The average Bonchev–Trinajstić information content (AvgIpc) is 3.28. The van der Waals surface area contributed by atoms with E-state index < -0.39 is 6.03 Å². The predicted octanol–water partition coefficient (Wildman–Crippen LogP) is 4.67. The summed E-state index contributed by atoms with van der Waals surface area (Å²) < 4.78 is 11.8. The molecule has 0 spiro atoms. The zero-order valence-electron chi connectivity index (χ0n) is 19.2. The monoisotopic (exact) mass is 470 g/mol. The van der Waals surface area contributed by atoms with Crippen molar-refractivity contribution in [1.29, 1.82) is 0 Å². The number of benzene rings is 2. The van der Waals surface area contributed by atoms with Crippen LogP contribution in [0.3, 0.4) is 0 Å². The van der Waals surface area contributed by atoms with Gasteiger partial charge in [0, 0.05) is 35.3 Å². The largest absolute Gasteiger partial charge is 0.489 e. The fourth-order valence-corrected chi connectivity index (χ4v) is 5.05. The Labute approximate surface area is 202 Å². The minimum absolute atomic E-state index is 0.00612. The van der Waals surface area contributed by atoms with Gasteiger partial charge in [0.15, 0.2) is 0 Å². The summed E-state index contributed by atoms with van der Waals surface area (Å²) >= 11 is 0. The van der Waals surface area contributed by atoms with E-state index in [9.17, 15) is 9.59 Å². The number of primary amides is 1. The Bertz CT molecular complexity index is 1340. The van der Waals surface area contributed by atoms with Gasteiger partial charge in [-0.1, -0.05) is 6.07 Å². The molecule has 3 heterocycles. The molecule has 2 aromatic carbocycles. The first-order chi connectivity index (χ1) is 17.0. The second kappa shape index (κ2) is 8.61. The standard InChI is InChI=1S/C17H14N2O3.C10H12N2O/c20-16-4-2-10-14(5-6-18-17(10)19-16)21-9-1-3-13-11(7-9)12-8-15(12)22-13;11-10(13)12-9-5-4-7-2-1-3-8(7)6-9/h1,3,5-7,12,15H,2,4,8H2,(H,18,19,20);4-6H,1-3H2,(H3,11,12,13). The van der Waals surface area contributed by atoms with Crippen LogP contribution >= 0.6 is 0 Å². The number of nitrogens with zero attached hydrogens (tertiary/aromatic N) is 1. The third-order valence-electron chi connectivity index (χ3n) is 6.86. The van der Waals surface area contributed by atoms with E-state index in [-0.39, 0.29) is 5.91 Å². The Morgan fingerprint density at radius 2 is 1.97 bits per heavy atom. The van der Waals surface area contributed by atoms with E-state index in [4.69, 9.17) is 15.2 Å². The van der Waals surface area contributed by atoms with Gasteiger partial charge in [-0.25, -0.2) is 9.78 Å². The molecular formula is C27H26N4O4. The van der Waals surface area contributed by atoms with Crippen molar-refractivity contribution in [2.75, 3.05) is 10.6 Å². The van der Waals surface area contributed by atoms with Crippen LogP contribution in [0.1, 0.15) is 47.4 Å². The highest BCUT2D eigenvalue weighted by Gasteiger charge is 2.48. The number of aryl methyl sites for hydroxylation is 2. The van der Waals surface area contributed by atoms with Gasteiger partial charge in [-0.3, -0.25) is 4.79 Å². The number of hydrogen-bond donors (Lipinski definition) is 3. The van der Waals surface area contributed by atoms with E-state index in [1.807, 2.05) is 30.3 Å². The fraction of sp³-hybridized carbons (Fsp3) is 0.296. The van der Waals surface area contributed by atoms with Crippen molar-refractivity contribution in [2.24, 2.45) is 5.73 Å². The summed E-state index contributed by atoms with van der Waals surface area (Å²) in [5, 5.41) is 5.36. The highest BCUT2D eigenvalue weighted by atomic mass is 16.5. The molecule has 2 aliphatic heterocycles. The zero-order chi connectivity index (χ0) is 23.9. The van der Waals surface area contributed by atoms with Crippen LogP contribution in [0.4, 0.5) is 16.3 Å². The van der Waals surface area contributed by atoms with Crippen LogP contribution in [0.5, 0.6) is 17.2 Å². The Morgan fingerprint density at radius 1 is 1.09 bits per heavy atom. The number of urea groups is 1. The van der Waals surface area contributed by atoms with Gasteiger partial charge >= 0.3 is 6.03 Å². The number of aromatic nitrogens is 1. The summed E-state index contributed by atoms with van der Waals surface area (Å²) in [6.07, 6.45) is 7.78. The molecule has 0 saturated heterocycles. The van der Waals surface area contributed by atoms with Crippen LogP contribution in [-0.4, -0.2) is 23.0 Å². The fourth-order valence-electron chi connectivity index (χ4n) is 5.05.